The Labute approximate surface area is 147 Å². The summed E-state index contributed by atoms with van der Waals surface area (Å²) in [5.41, 5.74) is 2.84. The third-order valence-electron chi connectivity index (χ3n) is 4.79. The third kappa shape index (κ3) is 3.51. The molecule has 1 atom stereocenters. The number of aliphatic hydroxyl groups excluding tert-OH is 1. The molecule has 2 aromatic rings. The second-order valence-corrected chi connectivity index (χ2v) is 7.66. The molecule has 0 fully saturated rings. The average molecular weight is 340 g/mol. The van der Waals surface area contributed by atoms with Gasteiger partial charge in [0.25, 0.3) is 0 Å². The summed E-state index contributed by atoms with van der Waals surface area (Å²) in [5, 5.41) is 17.3. The zero-order valence-electron chi connectivity index (χ0n) is 14.8. The minimum absolute atomic E-state index is 0.0413. The van der Waals surface area contributed by atoms with Crippen molar-refractivity contribution in [1.29, 1.82) is 0 Å². The Morgan fingerprint density at radius 2 is 1.76 bits per heavy atom. The molecule has 1 aliphatic carbocycles. The molecule has 5 heteroatoms. The Bertz CT molecular complexity index is 826. The first kappa shape index (κ1) is 17.4. The average Bonchev–Trinajstić information content (AvgIpc) is 2.98. The molecule has 1 unspecified atom stereocenters. The van der Waals surface area contributed by atoms with Gasteiger partial charge in [0, 0.05) is 17.6 Å². The van der Waals surface area contributed by atoms with Crippen molar-refractivity contribution >= 4 is 28.3 Å². The maximum Gasteiger partial charge on any atom is 0.313 e. The van der Waals surface area contributed by atoms with Crippen molar-refractivity contribution in [2.24, 2.45) is 5.41 Å². The van der Waals surface area contributed by atoms with Gasteiger partial charge in [-0.1, -0.05) is 45.0 Å². The van der Waals surface area contributed by atoms with Crippen LogP contribution in [0.15, 0.2) is 30.3 Å². The van der Waals surface area contributed by atoms with Gasteiger partial charge in [0.15, 0.2) is 0 Å². The molecule has 0 spiro atoms. The van der Waals surface area contributed by atoms with Crippen LogP contribution in [-0.2, 0) is 22.4 Å². The predicted molar refractivity (Wildman–Crippen MR) is 98.5 cm³/mol. The number of amides is 2. The molecule has 0 bridgehead atoms. The van der Waals surface area contributed by atoms with Gasteiger partial charge < -0.3 is 15.7 Å². The maximum atomic E-state index is 12.2. The molecule has 0 heterocycles. The first-order valence-electron chi connectivity index (χ1n) is 8.58. The Kier molecular flexibility index (Phi) is 4.52. The molecule has 0 aromatic heterocycles. The van der Waals surface area contributed by atoms with Gasteiger partial charge in [-0.05, 0) is 40.8 Å². The van der Waals surface area contributed by atoms with Gasteiger partial charge in [-0.2, -0.15) is 0 Å². The Morgan fingerprint density at radius 1 is 1.08 bits per heavy atom. The lowest BCUT2D eigenvalue weighted by Gasteiger charge is -2.25. The molecule has 3 N–H and O–H groups in total. The fraction of sp³-hybridized carbons (Fsp3) is 0.400. The predicted octanol–water partition coefficient (Wildman–Crippen LogP) is 2.40. The highest BCUT2D eigenvalue weighted by Crippen LogP contribution is 2.34. The highest BCUT2D eigenvalue weighted by molar-refractivity contribution is 6.40. The summed E-state index contributed by atoms with van der Waals surface area (Å²) in [5.74, 6) is -1.47. The summed E-state index contributed by atoms with van der Waals surface area (Å²) in [6, 6.07) is 9.90. The summed E-state index contributed by atoms with van der Waals surface area (Å²) in [4.78, 5) is 24.2. The lowest BCUT2D eigenvalue weighted by molar-refractivity contribution is -0.136. The number of benzene rings is 2. The summed E-state index contributed by atoms with van der Waals surface area (Å²) in [6.45, 7) is 5.66. The number of carbonyl (C=O) groups excluding carboxylic acids is 2. The topological polar surface area (TPSA) is 78.4 Å². The number of aliphatic hydroxyl groups is 1. The van der Waals surface area contributed by atoms with Crippen molar-refractivity contribution in [3.63, 3.8) is 0 Å². The highest BCUT2D eigenvalue weighted by Gasteiger charge is 2.24. The van der Waals surface area contributed by atoms with Gasteiger partial charge in [-0.25, -0.2) is 0 Å². The van der Waals surface area contributed by atoms with Crippen molar-refractivity contribution < 1.29 is 14.7 Å². The van der Waals surface area contributed by atoms with E-state index in [1.54, 1.807) is 0 Å². The van der Waals surface area contributed by atoms with E-state index in [0.29, 0.717) is 5.69 Å². The van der Waals surface area contributed by atoms with Crippen LogP contribution >= 0.6 is 0 Å². The van der Waals surface area contributed by atoms with E-state index in [4.69, 9.17) is 0 Å². The minimum Gasteiger partial charge on any atom is -0.391 e. The largest absolute Gasteiger partial charge is 0.391 e. The first-order valence-corrected chi connectivity index (χ1v) is 8.58. The van der Waals surface area contributed by atoms with E-state index in [1.165, 1.54) is 16.5 Å². The second kappa shape index (κ2) is 6.48. The van der Waals surface area contributed by atoms with E-state index in [1.807, 2.05) is 45.0 Å². The van der Waals surface area contributed by atoms with E-state index < -0.39 is 17.9 Å². The van der Waals surface area contributed by atoms with E-state index in [2.05, 4.69) is 16.7 Å². The molecule has 5 nitrogen and oxygen atoms in total. The molecule has 25 heavy (non-hydrogen) atoms. The zero-order chi connectivity index (χ0) is 18.2. The van der Waals surface area contributed by atoms with Gasteiger partial charge >= 0.3 is 11.8 Å². The van der Waals surface area contributed by atoms with Crippen molar-refractivity contribution in [1.82, 2.24) is 5.32 Å². The quantitative estimate of drug-likeness (QED) is 0.751. The van der Waals surface area contributed by atoms with Crippen molar-refractivity contribution in [3.05, 3.63) is 41.5 Å². The van der Waals surface area contributed by atoms with Crippen LogP contribution < -0.4 is 10.6 Å². The van der Waals surface area contributed by atoms with E-state index in [9.17, 15) is 14.7 Å². The third-order valence-corrected chi connectivity index (χ3v) is 4.79. The number of aryl methyl sites for hydroxylation is 2. The molecule has 3 rings (SSSR count). The summed E-state index contributed by atoms with van der Waals surface area (Å²) < 4.78 is 0. The molecule has 0 aliphatic heterocycles. The van der Waals surface area contributed by atoms with Crippen LogP contribution in [-0.4, -0.2) is 29.6 Å². The highest BCUT2D eigenvalue weighted by atomic mass is 16.3. The lowest BCUT2D eigenvalue weighted by Crippen LogP contribution is -2.43. The van der Waals surface area contributed by atoms with E-state index in [-0.39, 0.29) is 12.0 Å². The molecule has 132 valence electrons. The van der Waals surface area contributed by atoms with Crippen molar-refractivity contribution in [3.8, 4) is 0 Å². The Morgan fingerprint density at radius 3 is 2.44 bits per heavy atom. The van der Waals surface area contributed by atoms with Crippen LogP contribution in [0.3, 0.4) is 0 Å². The lowest BCUT2D eigenvalue weighted by atomic mass is 9.89. The molecule has 1 aliphatic rings. The first-order chi connectivity index (χ1) is 11.8. The molecule has 2 aromatic carbocycles. The van der Waals surface area contributed by atoms with Gasteiger partial charge in [-0.15, -0.1) is 0 Å². The molecule has 0 saturated heterocycles. The fourth-order valence-electron chi connectivity index (χ4n) is 3.11. The number of rotatable bonds is 3. The standard InChI is InChI=1S/C20H24N2O3/c1-20(2,3)16(23)11-21-18(24)19(25)22-15-10-9-13-8-7-12-5-4-6-14(15)17(12)13/h4-6,9-10,16,23H,7-8,11H2,1-3H3,(H,21,24)(H,22,25). The van der Waals surface area contributed by atoms with Crippen LogP contribution in [0.1, 0.15) is 31.9 Å². The number of hydrogen-bond acceptors (Lipinski definition) is 3. The Balaban J connectivity index is 1.72. The smallest absolute Gasteiger partial charge is 0.313 e. The minimum atomic E-state index is -0.744. The number of anilines is 1. The van der Waals surface area contributed by atoms with Crippen LogP contribution in [0.5, 0.6) is 0 Å². The second-order valence-electron chi connectivity index (χ2n) is 7.66. The van der Waals surface area contributed by atoms with Gasteiger partial charge in [-0.3, -0.25) is 9.59 Å². The van der Waals surface area contributed by atoms with Crippen LogP contribution in [0.25, 0.3) is 10.8 Å². The number of carbonyl (C=O) groups is 2. The monoisotopic (exact) mass is 340 g/mol. The number of hydrogen-bond donors (Lipinski definition) is 3. The van der Waals surface area contributed by atoms with Crippen LogP contribution in [0.4, 0.5) is 5.69 Å². The van der Waals surface area contributed by atoms with Gasteiger partial charge in [0.1, 0.15) is 0 Å². The Hall–Kier alpha value is -2.40. The zero-order valence-corrected chi connectivity index (χ0v) is 14.8. The van der Waals surface area contributed by atoms with Gasteiger partial charge in [0.2, 0.25) is 0 Å². The van der Waals surface area contributed by atoms with E-state index >= 15 is 0 Å². The van der Waals surface area contributed by atoms with Crippen LogP contribution in [0, 0.1) is 5.41 Å². The van der Waals surface area contributed by atoms with Gasteiger partial charge in [0.05, 0.1) is 6.10 Å². The fourth-order valence-corrected chi connectivity index (χ4v) is 3.11. The maximum absolute atomic E-state index is 12.2. The van der Waals surface area contributed by atoms with E-state index in [0.717, 1.165) is 18.2 Å². The summed E-state index contributed by atoms with van der Waals surface area (Å²) >= 11 is 0. The molecular formula is C20H24N2O3. The SMILES string of the molecule is CC(C)(C)C(O)CNC(=O)C(=O)Nc1ccc2c3c(cccc13)CC2. The number of nitrogens with one attached hydrogen (secondary N) is 2. The molecule has 0 radical (unpaired) electrons. The summed E-state index contributed by atoms with van der Waals surface area (Å²) in [7, 11) is 0. The summed E-state index contributed by atoms with van der Waals surface area (Å²) in [6.07, 6.45) is 1.30. The van der Waals surface area contributed by atoms with Crippen molar-refractivity contribution in [2.75, 3.05) is 11.9 Å². The van der Waals surface area contributed by atoms with Crippen LogP contribution in [0.2, 0.25) is 0 Å². The van der Waals surface area contributed by atoms with Crippen molar-refractivity contribution in [2.45, 2.75) is 39.7 Å². The molecular weight excluding hydrogens is 316 g/mol. The molecule has 2 amide bonds. The molecule has 0 saturated carbocycles. The normalized spacial score (nSPS) is 14.4.